The minimum Gasteiger partial charge on any atom is -0.377 e. The average Bonchev–Trinajstić information content (AvgIpc) is 2.41. The third-order valence-electron chi connectivity index (χ3n) is 2.45. The maximum atomic E-state index is 11.9. The van der Waals surface area contributed by atoms with Crippen LogP contribution in [0.5, 0.6) is 0 Å². The van der Waals surface area contributed by atoms with Crippen LogP contribution in [0.25, 0.3) is 0 Å². The second-order valence-corrected chi connectivity index (χ2v) is 3.74. The van der Waals surface area contributed by atoms with Crippen molar-refractivity contribution in [1.82, 2.24) is 9.78 Å². The third kappa shape index (κ3) is 2.55. The highest BCUT2D eigenvalue weighted by atomic mass is 16.5. The molecule has 1 aromatic heterocycles. The number of ether oxygens (including phenoxy) is 1. The van der Waals surface area contributed by atoms with Crippen molar-refractivity contribution < 1.29 is 14.3 Å². The second-order valence-electron chi connectivity index (χ2n) is 3.74. The summed E-state index contributed by atoms with van der Waals surface area (Å²) in [6.07, 6.45) is -0.124. The van der Waals surface area contributed by atoms with Crippen LogP contribution in [0.1, 0.15) is 28.2 Å². The van der Waals surface area contributed by atoms with E-state index in [0.717, 1.165) is 5.69 Å². The van der Waals surface area contributed by atoms with E-state index in [1.165, 1.54) is 7.11 Å². The molecule has 0 saturated heterocycles. The van der Waals surface area contributed by atoms with Crippen molar-refractivity contribution in [3.8, 4) is 0 Å². The Labute approximate surface area is 94.4 Å². The van der Waals surface area contributed by atoms with E-state index < -0.39 is 0 Å². The van der Waals surface area contributed by atoms with E-state index in [1.807, 2.05) is 6.92 Å². The summed E-state index contributed by atoms with van der Waals surface area (Å²) >= 11 is 0. The molecule has 0 bridgehead atoms. The summed E-state index contributed by atoms with van der Waals surface area (Å²) in [5, 5.41) is 4.14. The molecular weight excluding hydrogens is 208 g/mol. The topological polar surface area (TPSA) is 61.2 Å². The Morgan fingerprint density at radius 2 is 2.00 bits per heavy atom. The average molecular weight is 224 g/mol. The Bertz CT molecular complexity index is 421. The molecule has 0 radical (unpaired) electrons. The first-order valence-electron chi connectivity index (χ1n) is 5.01. The van der Waals surface area contributed by atoms with Crippen LogP contribution in [0.4, 0.5) is 0 Å². The molecule has 0 unspecified atom stereocenters. The van der Waals surface area contributed by atoms with Gasteiger partial charge in [-0.1, -0.05) is 0 Å². The van der Waals surface area contributed by atoms with Crippen molar-refractivity contribution in [3.05, 3.63) is 17.0 Å². The predicted molar refractivity (Wildman–Crippen MR) is 58.5 cm³/mol. The first kappa shape index (κ1) is 12.6. The number of nitrogens with zero attached hydrogens (tertiary/aromatic N) is 2. The SMILES string of the molecule is COCC(=O)CC(=O)c1c(C)nn(C)c1C. The molecule has 0 spiro atoms. The standard InChI is InChI=1S/C11H16N2O3/c1-7-11(8(2)13(3)12-7)10(15)5-9(14)6-16-4/h5-6H2,1-4H3. The molecule has 1 aromatic rings. The Morgan fingerprint density at radius 3 is 2.44 bits per heavy atom. The second kappa shape index (κ2) is 5.03. The Balaban J connectivity index is 2.85. The molecule has 0 saturated carbocycles. The summed E-state index contributed by atoms with van der Waals surface area (Å²) in [4.78, 5) is 23.1. The van der Waals surface area contributed by atoms with E-state index in [2.05, 4.69) is 9.84 Å². The Kier molecular flexibility index (Phi) is 3.95. The predicted octanol–water partition coefficient (Wildman–Crippen LogP) is 0.825. The zero-order chi connectivity index (χ0) is 12.3. The highest BCUT2D eigenvalue weighted by molar-refractivity contribution is 6.09. The van der Waals surface area contributed by atoms with Crippen molar-refractivity contribution in [3.63, 3.8) is 0 Å². The minimum absolute atomic E-state index is 0.0237. The van der Waals surface area contributed by atoms with Gasteiger partial charge in [-0.15, -0.1) is 0 Å². The van der Waals surface area contributed by atoms with Gasteiger partial charge in [-0.25, -0.2) is 0 Å². The lowest BCUT2D eigenvalue weighted by atomic mass is 10.0. The molecule has 0 amide bonds. The van der Waals surface area contributed by atoms with Crippen molar-refractivity contribution >= 4 is 11.6 Å². The number of hydrogen-bond acceptors (Lipinski definition) is 4. The molecule has 0 N–H and O–H groups in total. The molecule has 16 heavy (non-hydrogen) atoms. The quantitative estimate of drug-likeness (QED) is 0.549. The normalized spacial score (nSPS) is 10.5. The molecule has 0 atom stereocenters. The lowest BCUT2D eigenvalue weighted by Gasteiger charge is -2.01. The van der Waals surface area contributed by atoms with Crippen LogP contribution in [0.2, 0.25) is 0 Å². The highest BCUT2D eigenvalue weighted by Crippen LogP contribution is 2.14. The monoisotopic (exact) mass is 224 g/mol. The van der Waals surface area contributed by atoms with Gasteiger partial charge in [-0.2, -0.15) is 5.10 Å². The van der Waals surface area contributed by atoms with E-state index in [9.17, 15) is 9.59 Å². The number of aryl methyl sites for hydroxylation is 2. The van der Waals surface area contributed by atoms with Gasteiger partial charge < -0.3 is 4.74 Å². The number of Topliss-reactive ketones (excluding diaryl/α,β-unsaturated/α-hetero) is 2. The largest absolute Gasteiger partial charge is 0.377 e. The first-order valence-corrected chi connectivity index (χ1v) is 5.01. The number of aromatic nitrogens is 2. The molecular formula is C11H16N2O3. The zero-order valence-electron chi connectivity index (χ0n) is 10.0. The third-order valence-corrected chi connectivity index (χ3v) is 2.45. The molecule has 5 heteroatoms. The molecule has 0 aliphatic rings. The van der Waals surface area contributed by atoms with E-state index in [4.69, 9.17) is 0 Å². The highest BCUT2D eigenvalue weighted by Gasteiger charge is 2.19. The summed E-state index contributed by atoms with van der Waals surface area (Å²) in [5.41, 5.74) is 2.00. The minimum atomic E-state index is -0.213. The van der Waals surface area contributed by atoms with Gasteiger partial charge in [-0.05, 0) is 13.8 Å². The molecule has 0 aliphatic heterocycles. The van der Waals surface area contributed by atoms with Crippen molar-refractivity contribution in [2.24, 2.45) is 7.05 Å². The molecule has 1 heterocycles. The van der Waals surface area contributed by atoms with Gasteiger partial charge in [0, 0.05) is 19.9 Å². The van der Waals surface area contributed by atoms with Gasteiger partial charge in [0.25, 0.3) is 0 Å². The van der Waals surface area contributed by atoms with E-state index >= 15 is 0 Å². The van der Waals surface area contributed by atoms with Gasteiger partial charge in [0.2, 0.25) is 0 Å². The van der Waals surface area contributed by atoms with Crippen molar-refractivity contribution in [2.75, 3.05) is 13.7 Å². The fourth-order valence-corrected chi connectivity index (χ4v) is 1.66. The van der Waals surface area contributed by atoms with Crippen LogP contribution in [0, 0.1) is 13.8 Å². The lowest BCUT2D eigenvalue weighted by Crippen LogP contribution is -2.14. The zero-order valence-corrected chi connectivity index (χ0v) is 10.0. The Hall–Kier alpha value is -1.49. The van der Waals surface area contributed by atoms with Crippen LogP contribution in [0.15, 0.2) is 0 Å². The number of ketones is 2. The van der Waals surface area contributed by atoms with E-state index in [1.54, 1.807) is 18.7 Å². The molecule has 0 aliphatic carbocycles. The number of rotatable bonds is 5. The molecule has 1 rings (SSSR count). The van der Waals surface area contributed by atoms with Gasteiger partial charge in [0.1, 0.15) is 6.61 Å². The fraction of sp³-hybridized carbons (Fsp3) is 0.545. The molecule has 5 nitrogen and oxygen atoms in total. The van der Waals surface area contributed by atoms with Crippen molar-refractivity contribution in [2.45, 2.75) is 20.3 Å². The van der Waals surface area contributed by atoms with Crippen LogP contribution in [-0.4, -0.2) is 35.1 Å². The lowest BCUT2D eigenvalue weighted by molar-refractivity contribution is -0.121. The number of methoxy groups -OCH3 is 1. The first-order chi connectivity index (χ1) is 7.47. The smallest absolute Gasteiger partial charge is 0.174 e. The molecule has 88 valence electrons. The maximum absolute atomic E-state index is 11.9. The van der Waals surface area contributed by atoms with Gasteiger partial charge in [0.05, 0.1) is 17.7 Å². The van der Waals surface area contributed by atoms with Gasteiger partial charge >= 0.3 is 0 Å². The molecule has 0 aromatic carbocycles. The van der Waals surface area contributed by atoms with E-state index in [0.29, 0.717) is 11.3 Å². The van der Waals surface area contributed by atoms with Crippen LogP contribution in [0.3, 0.4) is 0 Å². The van der Waals surface area contributed by atoms with Crippen molar-refractivity contribution in [1.29, 1.82) is 0 Å². The summed E-state index contributed by atoms with van der Waals surface area (Å²) in [5.74, 6) is -0.402. The van der Waals surface area contributed by atoms with E-state index in [-0.39, 0.29) is 24.6 Å². The number of carbonyl (C=O) groups is 2. The Morgan fingerprint density at radius 1 is 1.38 bits per heavy atom. The van der Waals surface area contributed by atoms with Gasteiger partial charge in [-0.3, -0.25) is 14.3 Å². The summed E-state index contributed by atoms with van der Waals surface area (Å²) in [7, 11) is 3.21. The summed E-state index contributed by atoms with van der Waals surface area (Å²) in [6, 6.07) is 0. The van der Waals surface area contributed by atoms with Crippen LogP contribution < -0.4 is 0 Å². The van der Waals surface area contributed by atoms with Gasteiger partial charge in [0.15, 0.2) is 11.6 Å². The van der Waals surface area contributed by atoms with Crippen LogP contribution in [-0.2, 0) is 16.6 Å². The number of carbonyl (C=O) groups excluding carboxylic acids is 2. The molecule has 0 fully saturated rings. The fourth-order valence-electron chi connectivity index (χ4n) is 1.66. The summed E-state index contributed by atoms with van der Waals surface area (Å²) in [6.45, 7) is 3.55. The van der Waals surface area contributed by atoms with Crippen LogP contribution >= 0.6 is 0 Å². The summed E-state index contributed by atoms with van der Waals surface area (Å²) < 4.78 is 6.33. The number of hydrogen-bond donors (Lipinski definition) is 0. The maximum Gasteiger partial charge on any atom is 0.174 e.